The average Bonchev–Trinajstić information content (AvgIpc) is 1.50. The fourth-order valence-corrected chi connectivity index (χ4v) is 0. The molecule has 0 N–H and O–H groups in total. The highest BCUT2D eigenvalue weighted by Crippen LogP contribution is 1.31. The first-order valence-corrected chi connectivity index (χ1v) is 2.48. The van der Waals surface area contributed by atoms with Gasteiger partial charge >= 0.3 is 0 Å². The van der Waals surface area contributed by atoms with Gasteiger partial charge in [0.25, 0.3) is 0 Å². The van der Waals surface area contributed by atoms with Crippen molar-refractivity contribution in [2.75, 3.05) is 6.26 Å². The third-order valence-corrected chi connectivity index (χ3v) is 0. The van der Waals surface area contributed by atoms with Crippen molar-refractivity contribution in [3.8, 4) is 0 Å². The molecule has 0 fully saturated rings. The van der Waals surface area contributed by atoms with E-state index in [0.29, 0.717) is 0 Å². The molecule has 0 aliphatic rings. The minimum Gasteiger partial charge on any atom is -0.206 e. The molecule has 4 heavy (non-hydrogen) atoms. The smallest absolute Gasteiger partial charge is 0.206 e. The van der Waals surface area contributed by atoms with Crippen LogP contribution in [0.2, 0.25) is 0 Å². The molecule has 0 atom stereocenters. The van der Waals surface area contributed by atoms with Gasteiger partial charge in [-0.15, -0.1) is 0 Å². The zero-order valence-corrected chi connectivity index (χ0v) is 4.48. The maximum Gasteiger partial charge on any atom is 0.215 e. The Balaban J connectivity index is 0. The molecule has 0 nitrogen and oxygen atoms in total. The molecular weight excluding hydrogens is 90.3 g/mol. The fraction of sp³-hybridized carbons (Fsp3) is 1.00. The largest absolute Gasteiger partial charge is 0.215 e. The molecule has 0 spiro atoms. The highest BCUT2D eigenvalue weighted by molar-refractivity contribution is 7.79. The van der Waals surface area contributed by atoms with E-state index in [0.717, 1.165) is 0 Å². The highest BCUT2D eigenvalue weighted by atomic mass is 35.5. The number of hydrogen-bond donors (Lipinski definition) is 1. The van der Waals surface area contributed by atoms with E-state index in [2.05, 4.69) is 24.1 Å². The van der Waals surface area contributed by atoms with Crippen molar-refractivity contribution < 1.29 is 0 Å². The maximum absolute atomic E-state index is 4.64. The lowest BCUT2D eigenvalue weighted by molar-refractivity contribution is 2.55. The van der Waals surface area contributed by atoms with Gasteiger partial charge in [0, 0.05) is 0 Å². The Bertz CT molecular complexity index is 8.00. The predicted molar refractivity (Wildman–Crippen MR) is 29.3 cm³/mol. The molecule has 3 heteroatoms. The van der Waals surface area contributed by atoms with Crippen LogP contribution in [-0.4, -0.2) is 13.5 Å². The van der Waals surface area contributed by atoms with Crippen LogP contribution in [-0.2, 0) is 0 Å². The van der Waals surface area contributed by atoms with E-state index >= 15 is 0 Å². The summed E-state index contributed by atoms with van der Waals surface area (Å²) in [6.45, 7) is 0. The molecule has 0 rings (SSSR count). The van der Waals surface area contributed by atoms with Crippen molar-refractivity contribution in [3.05, 3.63) is 0 Å². The van der Waals surface area contributed by atoms with Crippen molar-refractivity contribution in [2.24, 2.45) is 0 Å². The molecule has 0 radical (unpaired) electrons. The zero-order chi connectivity index (χ0) is 4.00. The van der Waals surface area contributed by atoms with Crippen LogP contribution in [0.5, 0.6) is 0 Å². The fourth-order valence-electron chi connectivity index (χ4n) is 0. The van der Waals surface area contributed by atoms with Crippen molar-refractivity contribution >= 4 is 31.4 Å². The minimum absolute atomic E-state index is 1.47. The quantitative estimate of drug-likeness (QED) is 0.326. The molecule has 0 aromatic rings. The van der Waals surface area contributed by atoms with Gasteiger partial charge in [-0.05, 0) is 6.26 Å². The SMILES string of the molecule is BCl.CS. The van der Waals surface area contributed by atoms with Crippen molar-refractivity contribution in [1.29, 1.82) is 0 Å². The molecule has 0 saturated heterocycles. The standard InChI is InChI=1S/CH4S.BClH2/c2*1-2/h2H,1H3;1H2. The maximum atomic E-state index is 4.64. The first kappa shape index (κ1) is 8.83. The van der Waals surface area contributed by atoms with Gasteiger partial charge in [-0.1, -0.05) is 0 Å². The summed E-state index contributed by atoms with van der Waals surface area (Å²) in [6.07, 6.45) is 1.69. The monoisotopic (exact) mass is 96.0 g/mol. The number of thiol groups is 1. The van der Waals surface area contributed by atoms with Crippen LogP contribution in [0.15, 0.2) is 0 Å². The minimum atomic E-state index is 1.47. The van der Waals surface area contributed by atoms with Crippen molar-refractivity contribution in [1.82, 2.24) is 0 Å². The van der Waals surface area contributed by atoms with Gasteiger partial charge < -0.3 is 0 Å². The van der Waals surface area contributed by atoms with Crippen LogP contribution >= 0.6 is 24.1 Å². The predicted octanol–water partition coefficient (Wildman–Crippen LogP) is 0.319. The van der Waals surface area contributed by atoms with E-state index < -0.39 is 0 Å². The van der Waals surface area contributed by atoms with Gasteiger partial charge in [0.2, 0.25) is 7.26 Å². The molecule has 0 unspecified atom stereocenters. The molecule has 0 aromatic carbocycles. The van der Waals surface area contributed by atoms with Crippen LogP contribution < -0.4 is 0 Å². The summed E-state index contributed by atoms with van der Waals surface area (Å²) in [4.78, 5) is 0. The molecule has 0 aliphatic heterocycles. The van der Waals surface area contributed by atoms with Gasteiger partial charge in [0.15, 0.2) is 0 Å². The van der Waals surface area contributed by atoms with Crippen LogP contribution in [0.4, 0.5) is 0 Å². The summed E-state index contributed by atoms with van der Waals surface area (Å²) in [5.74, 6) is 0. The molecular formula is CH6BClS. The Labute approximate surface area is 38.3 Å². The summed E-state index contributed by atoms with van der Waals surface area (Å²) >= 11 is 8.17. The van der Waals surface area contributed by atoms with E-state index in [1.165, 1.54) is 7.26 Å². The molecule has 0 bridgehead atoms. The van der Waals surface area contributed by atoms with Crippen molar-refractivity contribution in [2.45, 2.75) is 0 Å². The summed E-state index contributed by atoms with van der Waals surface area (Å²) in [7, 11) is 1.47. The first-order chi connectivity index (χ1) is 2.00. The van der Waals surface area contributed by atoms with Crippen molar-refractivity contribution in [3.63, 3.8) is 0 Å². The van der Waals surface area contributed by atoms with Gasteiger partial charge in [0.1, 0.15) is 0 Å². The molecule has 0 amide bonds. The van der Waals surface area contributed by atoms with E-state index in [1.807, 2.05) is 0 Å². The van der Waals surface area contributed by atoms with Gasteiger partial charge in [-0.3, -0.25) is 0 Å². The van der Waals surface area contributed by atoms with Gasteiger partial charge in [0.05, 0.1) is 0 Å². The highest BCUT2D eigenvalue weighted by Gasteiger charge is 1.03. The molecule has 0 aromatic heterocycles. The van der Waals surface area contributed by atoms with E-state index in [-0.39, 0.29) is 0 Å². The lowest BCUT2D eigenvalue weighted by Gasteiger charge is -1.11. The molecule has 0 aliphatic carbocycles. The third kappa shape index (κ3) is 15.8. The number of rotatable bonds is 0. The topological polar surface area (TPSA) is 0 Å². The second kappa shape index (κ2) is 54.6. The first-order valence-electron chi connectivity index (χ1n) is 0.825. The Hall–Kier alpha value is 0.705. The number of halogens is 1. The Morgan fingerprint density at radius 2 is 1.50 bits per heavy atom. The van der Waals surface area contributed by atoms with Gasteiger partial charge in [-0.2, -0.15) is 12.6 Å². The van der Waals surface area contributed by atoms with Crippen LogP contribution in [0.3, 0.4) is 0 Å². The normalized spacial score (nSPS) is 2.75. The summed E-state index contributed by atoms with van der Waals surface area (Å²) < 4.78 is 0. The van der Waals surface area contributed by atoms with Crippen LogP contribution in [0.25, 0.3) is 0 Å². The van der Waals surface area contributed by atoms with E-state index in [9.17, 15) is 0 Å². The second-order valence-corrected chi connectivity index (χ2v) is 0. The molecule has 0 heterocycles. The zero-order valence-electron chi connectivity index (χ0n) is 2.83. The van der Waals surface area contributed by atoms with E-state index in [1.54, 1.807) is 6.26 Å². The number of hydrogen-bond acceptors (Lipinski definition) is 1. The van der Waals surface area contributed by atoms with Crippen LogP contribution in [0, 0.1) is 0 Å². The summed E-state index contributed by atoms with van der Waals surface area (Å²) in [5.41, 5.74) is 0. The Morgan fingerprint density at radius 1 is 1.50 bits per heavy atom. The lowest BCUT2D eigenvalue weighted by atomic mass is 10.8. The Kier molecular flexibility index (Phi) is 120. The Morgan fingerprint density at radius 3 is 1.50 bits per heavy atom. The summed E-state index contributed by atoms with van der Waals surface area (Å²) in [5, 5.41) is 0. The second-order valence-electron chi connectivity index (χ2n) is 0. The van der Waals surface area contributed by atoms with Crippen LogP contribution in [0.1, 0.15) is 0 Å². The lowest BCUT2D eigenvalue weighted by Crippen LogP contribution is -0.980. The molecule has 26 valence electrons. The van der Waals surface area contributed by atoms with Gasteiger partial charge in [-0.25, -0.2) is 11.5 Å². The average molecular weight is 96.4 g/mol. The molecule has 0 saturated carbocycles. The summed E-state index contributed by atoms with van der Waals surface area (Å²) in [6, 6.07) is 0. The van der Waals surface area contributed by atoms with E-state index in [4.69, 9.17) is 0 Å². The third-order valence-electron chi connectivity index (χ3n) is 0.